The van der Waals surface area contributed by atoms with Crippen LogP contribution in [-0.4, -0.2) is 51.4 Å². The van der Waals surface area contributed by atoms with Crippen molar-refractivity contribution < 1.29 is 42.8 Å². The Hall–Kier alpha value is -3.28. The van der Waals surface area contributed by atoms with Crippen LogP contribution in [0.4, 0.5) is 18.9 Å². The number of hydrogen-bond acceptors (Lipinski definition) is 6. The lowest BCUT2D eigenvalue weighted by atomic mass is 9.88. The molecular weight excluding hydrogens is 493 g/mol. The van der Waals surface area contributed by atoms with E-state index in [0.29, 0.717) is 40.7 Å². The molecule has 1 fully saturated rings. The SMILES string of the molecule is CC(C)(CO)c1c(NC(=O)C2(c3ccc4c(c3)OC(F)(F)O4)CC2)c2ccc(F)cc2n1CC(O)CO. The van der Waals surface area contributed by atoms with Gasteiger partial charge in [-0.15, -0.1) is 8.78 Å². The van der Waals surface area contributed by atoms with E-state index in [1.165, 1.54) is 30.3 Å². The number of anilines is 1. The van der Waals surface area contributed by atoms with E-state index in [1.54, 1.807) is 24.5 Å². The number of carbonyl (C=O) groups is 1. The minimum atomic E-state index is -3.78. The van der Waals surface area contributed by atoms with Gasteiger partial charge in [-0.25, -0.2) is 4.39 Å². The molecule has 1 aliphatic carbocycles. The molecule has 1 unspecified atom stereocenters. The zero-order valence-corrected chi connectivity index (χ0v) is 20.2. The third-order valence-electron chi connectivity index (χ3n) is 7.04. The van der Waals surface area contributed by atoms with Crippen LogP contribution in [0, 0.1) is 5.82 Å². The van der Waals surface area contributed by atoms with E-state index in [4.69, 9.17) is 0 Å². The Morgan fingerprint density at radius 2 is 1.84 bits per heavy atom. The van der Waals surface area contributed by atoms with E-state index in [9.17, 15) is 33.3 Å². The van der Waals surface area contributed by atoms with Gasteiger partial charge in [0, 0.05) is 10.8 Å². The highest BCUT2D eigenvalue weighted by Gasteiger charge is 2.53. The summed E-state index contributed by atoms with van der Waals surface area (Å²) in [6.45, 7) is 2.50. The average Bonchev–Trinajstić information content (AvgIpc) is 3.52. The Kier molecular flexibility index (Phi) is 5.93. The lowest BCUT2D eigenvalue weighted by Gasteiger charge is -2.28. The fourth-order valence-corrected chi connectivity index (χ4v) is 4.94. The normalized spacial score (nSPS) is 18.2. The summed E-state index contributed by atoms with van der Waals surface area (Å²) in [6, 6.07) is 8.26. The summed E-state index contributed by atoms with van der Waals surface area (Å²) in [6.07, 6.45) is -4.02. The summed E-state index contributed by atoms with van der Waals surface area (Å²) < 4.78 is 51.9. The van der Waals surface area contributed by atoms with Gasteiger partial charge >= 0.3 is 6.29 Å². The topological polar surface area (TPSA) is 113 Å². The lowest BCUT2D eigenvalue weighted by molar-refractivity contribution is -0.286. The van der Waals surface area contributed by atoms with Crippen LogP contribution in [0.2, 0.25) is 0 Å². The van der Waals surface area contributed by atoms with Gasteiger partial charge in [-0.2, -0.15) is 0 Å². The van der Waals surface area contributed by atoms with Gasteiger partial charge in [0.25, 0.3) is 0 Å². The van der Waals surface area contributed by atoms with Crippen molar-refractivity contribution in [2.75, 3.05) is 18.5 Å². The first kappa shape index (κ1) is 25.4. The van der Waals surface area contributed by atoms with Crippen molar-refractivity contribution in [3.05, 3.63) is 53.5 Å². The third kappa shape index (κ3) is 4.30. The molecule has 1 saturated carbocycles. The predicted octanol–water partition coefficient (Wildman–Crippen LogP) is 3.40. The van der Waals surface area contributed by atoms with Gasteiger partial charge in [0.1, 0.15) is 5.82 Å². The molecule has 0 radical (unpaired) electrons. The predicted molar refractivity (Wildman–Crippen MR) is 127 cm³/mol. The van der Waals surface area contributed by atoms with E-state index < -0.39 is 41.6 Å². The standard InChI is InChI=1S/C26H27F3N2O6/c1-24(2,13-33)22-21(17-5-4-15(27)10-18(17)31(22)11-16(34)12-32)30-23(35)25(7-8-25)14-3-6-19-20(9-14)37-26(28,29)36-19/h3-6,9-10,16,32-34H,7-8,11-13H2,1-2H3,(H,30,35). The Morgan fingerprint density at radius 1 is 1.14 bits per heavy atom. The zero-order valence-electron chi connectivity index (χ0n) is 20.2. The Morgan fingerprint density at radius 3 is 2.49 bits per heavy atom. The van der Waals surface area contributed by atoms with Gasteiger partial charge in [-0.05, 0) is 48.7 Å². The van der Waals surface area contributed by atoms with E-state index in [2.05, 4.69) is 14.8 Å². The smallest absolute Gasteiger partial charge is 0.395 e. The number of nitrogens with zero attached hydrogens (tertiary/aromatic N) is 1. The number of aliphatic hydroxyl groups excluding tert-OH is 3. The van der Waals surface area contributed by atoms with Gasteiger partial charge in [0.05, 0.1) is 48.2 Å². The molecular formula is C26H27F3N2O6. The fraction of sp³-hybridized carbons (Fsp3) is 0.423. The number of hydrogen-bond donors (Lipinski definition) is 4. The molecule has 8 nitrogen and oxygen atoms in total. The van der Waals surface area contributed by atoms with Gasteiger partial charge in [-0.1, -0.05) is 19.9 Å². The number of carbonyl (C=O) groups excluding carboxylic acids is 1. The molecule has 0 spiro atoms. The number of aliphatic hydroxyl groups is 3. The molecule has 37 heavy (non-hydrogen) atoms. The summed E-state index contributed by atoms with van der Waals surface area (Å²) in [5.74, 6) is -1.22. The van der Waals surface area contributed by atoms with Crippen LogP contribution in [0.15, 0.2) is 36.4 Å². The molecule has 1 amide bonds. The highest BCUT2D eigenvalue weighted by Crippen LogP contribution is 2.53. The van der Waals surface area contributed by atoms with Gasteiger partial charge in [0.15, 0.2) is 11.5 Å². The van der Waals surface area contributed by atoms with Crippen molar-refractivity contribution in [3.63, 3.8) is 0 Å². The van der Waals surface area contributed by atoms with Crippen LogP contribution >= 0.6 is 0 Å². The molecule has 11 heteroatoms. The highest BCUT2D eigenvalue weighted by molar-refractivity contribution is 6.08. The van der Waals surface area contributed by atoms with Crippen molar-refractivity contribution in [3.8, 4) is 11.5 Å². The summed E-state index contributed by atoms with van der Waals surface area (Å²) in [5, 5.41) is 33.3. The summed E-state index contributed by atoms with van der Waals surface area (Å²) in [5.41, 5.74) is -0.307. The van der Waals surface area contributed by atoms with E-state index in [-0.39, 0.29) is 24.7 Å². The first-order valence-electron chi connectivity index (χ1n) is 11.8. The van der Waals surface area contributed by atoms with Crippen LogP contribution in [0.3, 0.4) is 0 Å². The second-order valence-electron chi connectivity index (χ2n) is 10.2. The number of halogens is 3. The molecule has 0 bridgehead atoms. The fourth-order valence-electron chi connectivity index (χ4n) is 4.94. The quantitative estimate of drug-likeness (QED) is 0.362. The summed E-state index contributed by atoms with van der Waals surface area (Å²) in [7, 11) is 0. The first-order chi connectivity index (χ1) is 17.4. The van der Waals surface area contributed by atoms with Crippen LogP contribution in [0.1, 0.15) is 37.9 Å². The summed E-state index contributed by atoms with van der Waals surface area (Å²) in [4.78, 5) is 13.7. The Balaban J connectivity index is 1.58. The number of benzene rings is 2. The maximum Gasteiger partial charge on any atom is 0.586 e. The zero-order chi connectivity index (χ0) is 26.8. The second kappa shape index (κ2) is 8.64. The van der Waals surface area contributed by atoms with E-state index in [1.807, 2.05) is 0 Å². The number of amides is 1. The van der Waals surface area contributed by atoms with Crippen LogP contribution in [-0.2, 0) is 22.2 Å². The van der Waals surface area contributed by atoms with Gasteiger partial charge in [-0.3, -0.25) is 4.79 Å². The largest absolute Gasteiger partial charge is 0.586 e. The molecule has 4 N–H and O–H groups in total. The number of nitrogens with one attached hydrogen (secondary N) is 1. The minimum Gasteiger partial charge on any atom is -0.395 e. The van der Waals surface area contributed by atoms with Gasteiger partial charge < -0.3 is 34.7 Å². The highest BCUT2D eigenvalue weighted by atomic mass is 19.3. The number of fused-ring (bicyclic) bond motifs is 2. The Bertz CT molecular complexity index is 1380. The van der Waals surface area contributed by atoms with Gasteiger partial charge in [0.2, 0.25) is 5.91 Å². The number of ether oxygens (including phenoxy) is 2. The first-order valence-corrected chi connectivity index (χ1v) is 11.8. The molecule has 2 heterocycles. The maximum atomic E-state index is 14.3. The van der Waals surface area contributed by atoms with Crippen LogP contribution < -0.4 is 14.8 Å². The molecule has 198 valence electrons. The third-order valence-corrected chi connectivity index (χ3v) is 7.04. The molecule has 3 aromatic rings. The number of alkyl halides is 2. The Labute approximate surface area is 210 Å². The maximum absolute atomic E-state index is 14.3. The van der Waals surface area contributed by atoms with Crippen LogP contribution in [0.25, 0.3) is 10.9 Å². The average molecular weight is 521 g/mol. The molecule has 2 aliphatic rings. The van der Waals surface area contributed by atoms with Crippen molar-refractivity contribution in [2.24, 2.45) is 0 Å². The lowest BCUT2D eigenvalue weighted by Crippen LogP contribution is -2.33. The molecule has 1 aromatic heterocycles. The van der Waals surface area contributed by atoms with Crippen LogP contribution in [0.5, 0.6) is 11.5 Å². The molecule has 0 saturated heterocycles. The number of rotatable bonds is 8. The van der Waals surface area contributed by atoms with E-state index in [0.717, 1.165) is 0 Å². The molecule has 1 aliphatic heterocycles. The molecule has 1 atom stereocenters. The van der Waals surface area contributed by atoms with Crippen molar-refractivity contribution in [1.82, 2.24) is 4.57 Å². The number of aromatic nitrogens is 1. The van der Waals surface area contributed by atoms with Crippen molar-refractivity contribution >= 4 is 22.5 Å². The second-order valence-corrected chi connectivity index (χ2v) is 10.2. The minimum absolute atomic E-state index is 0.105. The summed E-state index contributed by atoms with van der Waals surface area (Å²) >= 11 is 0. The van der Waals surface area contributed by atoms with Crippen molar-refractivity contribution in [1.29, 1.82) is 0 Å². The molecule has 2 aromatic carbocycles. The molecule has 5 rings (SSSR count). The monoisotopic (exact) mass is 520 g/mol. The van der Waals surface area contributed by atoms with E-state index >= 15 is 0 Å². The van der Waals surface area contributed by atoms with Crippen molar-refractivity contribution in [2.45, 2.75) is 56.5 Å².